The molecular weight excluding hydrogens is 371 g/mol. The largest absolute Gasteiger partial charge is 0.323 e. The van der Waals surface area contributed by atoms with E-state index in [2.05, 4.69) is 27.8 Å². The van der Waals surface area contributed by atoms with E-state index in [1.54, 1.807) is 6.07 Å². The molecule has 2 aromatic carbocycles. The van der Waals surface area contributed by atoms with E-state index in [1.807, 2.05) is 0 Å². The van der Waals surface area contributed by atoms with Gasteiger partial charge in [0.15, 0.2) is 0 Å². The Kier molecular flexibility index (Phi) is 5.60. The molecule has 2 aromatic rings. The van der Waals surface area contributed by atoms with Crippen LogP contribution >= 0.6 is 15.9 Å². The third kappa shape index (κ3) is 4.45. The van der Waals surface area contributed by atoms with E-state index in [9.17, 15) is 18.0 Å². The van der Waals surface area contributed by atoms with Crippen molar-refractivity contribution in [1.29, 1.82) is 0 Å². The van der Waals surface area contributed by atoms with Crippen molar-refractivity contribution >= 4 is 27.5 Å². The van der Waals surface area contributed by atoms with Gasteiger partial charge in [0, 0.05) is 10.5 Å². The van der Waals surface area contributed by atoms with E-state index < -0.39 is 29.3 Å². The highest BCUT2D eigenvalue weighted by molar-refractivity contribution is 9.10. The van der Waals surface area contributed by atoms with Gasteiger partial charge in [-0.1, -0.05) is 22.0 Å². The number of benzene rings is 2. The van der Waals surface area contributed by atoms with Gasteiger partial charge in [-0.25, -0.2) is 13.2 Å². The second-order valence-corrected chi connectivity index (χ2v) is 5.81. The molecule has 2 rings (SSSR count). The third-order valence-corrected chi connectivity index (χ3v) is 3.69. The van der Waals surface area contributed by atoms with Crippen molar-refractivity contribution in [2.24, 2.45) is 0 Å². The number of allylic oxidation sites excluding steroid dienone is 1. The first-order valence-electron chi connectivity index (χ1n) is 6.73. The first-order chi connectivity index (χ1) is 10.9. The van der Waals surface area contributed by atoms with Crippen LogP contribution in [0.4, 0.5) is 18.9 Å². The number of anilines is 1. The van der Waals surface area contributed by atoms with Crippen molar-refractivity contribution in [3.8, 4) is 0 Å². The zero-order chi connectivity index (χ0) is 17.0. The second-order valence-electron chi connectivity index (χ2n) is 4.89. The Hall–Kier alpha value is -2.08. The molecule has 0 bridgehead atoms. The summed E-state index contributed by atoms with van der Waals surface area (Å²) in [4.78, 5) is 12.4. The van der Waals surface area contributed by atoms with Crippen molar-refractivity contribution in [2.75, 3.05) is 5.32 Å². The summed E-state index contributed by atoms with van der Waals surface area (Å²) >= 11 is 3.12. The minimum Gasteiger partial charge on any atom is -0.323 e. The van der Waals surface area contributed by atoms with Gasteiger partial charge in [0.2, 0.25) is 5.91 Å². The van der Waals surface area contributed by atoms with Crippen LogP contribution in [0.25, 0.3) is 0 Å². The van der Waals surface area contributed by atoms with Crippen molar-refractivity contribution < 1.29 is 18.0 Å². The zero-order valence-electron chi connectivity index (χ0n) is 12.0. The highest BCUT2D eigenvalue weighted by Crippen LogP contribution is 2.26. The standard InChI is InChI=1S/C17H13BrF3NO/c1-2-3-14(10-6-12(19)9-13(20)7-10)17(23)22-16-5-4-11(18)8-15(16)21/h2,4-9,14H,1,3H2,(H,22,23). The number of hydrogen-bond acceptors (Lipinski definition) is 1. The van der Waals surface area contributed by atoms with Gasteiger partial charge in [-0.15, -0.1) is 6.58 Å². The maximum absolute atomic E-state index is 13.8. The summed E-state index contributed by atoms with van der Waals surface area (Å²) in [6, 6.07) is 7.06. The van der Waals surface area contributed by atoms with Crippen LogP contribution in [0.15, 0.2) is 53.5 Å². The molecule has 1 amide bonds. The van der Waals surface area contributed by atoms with Crippen molar-refractivity contribution in [2.45, 2.75) is 12.3 Å². The number of halogens is 4. The summed E-state index contributed by atoms with van der Waals surface area (Å²) in [5.41, 5.74) is 0.154. The molecule has 1 N–H and O–H groups in total. The predicted octanol–water partition coefficient (Wildman–Crippen LogP) is 5.16. The molecule has 0 saturated carbocycles. The fraction of sp³-hybridized carbons (Fsp3) is 0.118. The SMILES string of the molecule is C=CCC(C(=O)Nc1ccc(Br)cc1F)c1cc(F)cc(F)c1. The molecule has 0 aliphatic rings. The van der Waals surface area contributed by atoms with Gasteiger partial charge in [0.1, 0.15) is 17.5 Å². The van der Waals surface area contributed by atoms with Gasteiger partial charge in [-0.3, -0.25) is 4.79 Å². The topological polar surface area (TPSA) is 29.1 Å². The Bertz CT molecular complexity index is 728. The van der Waals surface area contributed by atoms with Crippen LogP contribution < -0.4 is 5.32 Å². The molecule has 6 heteroatoms. The molecule has 0 aliphatic heterocycles. The van der Waals surface area contributed by atoms with E-state index in [-0.39, 0.29) is 17.7 Å². The summed E-state index contributed by atoms with van der Waals surface area (Å²) < 4.78 is 41.1. The molecular formula is C17H13BrF3NO. The highest BCUT2D eigenvalue weighted by atomic mass is 79.9. The van der Waals surface area contributed by atoms with Crippen LogP contribution in [0.1, 0.15) is 17.9 Å². The fourth-order valence-electron chi connectivity index (χ4n) is 2.15. The average molecular weight is 384 g/mol. The highest BCUT2D eigenvalue weighted by Gasteiger charge is 2.22. The average Bonchev–Trinajstić information content (AvgIpc) is 2.46. The lowest BCUT2D eigenvalue weighted by atomic mass is 9.94. The van der Waals surface area contributed by atoms with E-state index in [0.29, 0.717) is 4.47 Å². The summed E-state index contributed by atoms with van der Waals surface area (Å²) in [7, 11) is 0. The molecule has 0 heterocycles. The van der Waals surface area contributed by atoms with E-state index in [4.69, 9.17) is 0 Å². The lowest BCUT2D eigenvalue weighted by Gasteiger charge is -2.16. The van der Waals surface area contributed by atoms with Gasteiger partial charge < -0.3 is 5.32 Å². The van der Waals surface area contributed by atoms with Gasteiger partial charge in [0.25, 0.3) is 0 Å². The molecule has 0 radical (unpaired) electrons. The normalized spacial score (nSPS) is 11.8. The number of nitrogens with one attached hydrogen (secondary N) is 1. The van der Waals surface area contributed by atoms with Crippen LogP contribution in [-0.2, 0) is 4.79 Å². The van der Waals surface area contributed by atoms with Crippen molar-refractivity contribution in [3.05, 3.63) is 76.5 Å². The van der Waals surface area contributed by atoms with E-state index in [1.165, 1.54) is 18.2 Å². The van der Waals surface area contributed by atoms with Gasteiger partial charge in [-0.05, 0) is 42.3 Å². The number of carbonyl (C=O) groups excluding carboxylic acids is 1. The Morgan fingerprint density at radius 2 is 1.83 bits per heavy atom. The monoisotopic (exact) mass is 383 g/mol. The molecule has 23 heavy (non-hydrogen) atoms. The van der Waals surface area contributed by atoms with Gasteiger partial charge in [-0.2, -0.15) is 0 Å². The number of amides is 1. The minimum atomic E-state index is -0.874. The van der Waals surface area contributed by atoms with Crippen molar-refractivity contribution in [1.82, 2.24) is 0 Å². The Morgan fingerprint density at radius 1 is 1.17 bits per heavy atom. The molecule has 0 saturated heterocycles. The lowest BCUT2D eigenvalue weighted by molar-refractivity contribution is -0.117. The number of hydrogen-bond donors (Lipinski definition) is 1. The smallest absolute Gasteiger partial charge is 0.232 e. The zero-order valence-corrected chi connectivity index (χ0v) is 13.5. The molecule has 2 nitrogen and oxygen atoms in total. The summed E-state index contributed by atoms with van der Waals surface area (Å²) in [6.45, 7) is 3.54. The van der Waals surface area contributed by atoms with Crippen LogP contribution in [0.5, 0.6) is 0 Å². The molecule has 0 spiro atoms. The fourth-order valence-corrected chi connectivity index (χ4v) is 2.48. The maximum atomic E-state index is 13.8. The third-order valence-electron chi connectivity index (χ3n) is 3.20. The molecule has 0 fully saturated rings. The first kappa shape index (κ1) is 17.3. The van der Waals surface area contributed by atoms with Crippen LogP contribution in [-0.4, -0.2) is 5.91 Å². The molecule has 120 valence electrons. The minimum absolute atomic E-state index is 0.0101. The van der Waals surface area contributed by atoms with Crippen LogP contribution in [0.2, 0.25) is 0 Å². The van der Waals surface area contributed by atoms with Crippen LogP contribution in [0.3, 0.4) is 0 Å². The summed E-state index contributed by atoms with van der Waals surface area (Å²) in [5.74, 6) is -3.62. The predicted molar refractivity (Wildman–Crippen MR) is 86.6 cm³/mol. The number of rotatable bonds is 5. The van der Waals surface area contributed by atoms with E-state index >= 15 is 0 Å². The summed E-state index contributed by atoms with van der Waals surface area (Å²) in [6.07, 6.45) is 1.62. The lowest BCUT2D eigenvalue weighted by Crippen LogP contribution is -2.21. The quantitative estimate of drug-likeness (QED) is 0.709. The first-order valence-corrected chi connectivity index (χ1v) is 7.53. The molecule has 1 atom stereocenters. The van der Waals surface area contributed by atoms with E-state index in [0.717, 1.165) is 18.2 Å². The Balaban J connectivity index is 2.29. The molecule has 0 aliphatic carbocycles. The van der Waals surface area contributed by atoms with Gasteiger partial charge >= 0.3 is 0 Å². The Morgan fingerprint density at radius 3 is 2.39 bits per heavy atom. The van der Waals surface area contributed by atoms with Crippen LogP contribution in [0, 0.1) is 17.5 Å². The maximum Gasteiger partial charge on any atom is 0.232 e. The Labute approximate surface area is 140 Å². The summed E-state index contributed by atoms with van der Waals surface area (Å²) in [5, 5.41) is 2.43. The van der Waals surface area contributed by atoms with Crippen molar-refractivity contribution in [3.63, 3.8) is 0 Å². The second kappa shape index (κ2) is 7.46. The number of carbonyl (C=O) groups is 1. The van der Waals surface area contributed by atoms with Gasteiger partial charge in [0.05, 0.1) is 11.6 Å². The molecule has 0 aromatic heterocycles. The molecule has 1 unspecified atom stereocenters.